The zero-order chi connectivity index (χ0) is 26.4. The Morgan fingerprint density at radius 1 is 0.971 bits per heavy atom. The number of aryl methyl sites for hydroxylation is 3. The van der Waals surface area contributed by atoms with Gasteiger partial charge in [-0.1, -0.05) is 113 Å². The highest BCUT2D eigenvalue weighted by atomic mass is 15.0. The molecular weight excluding hydrogens is 424 g/mol. The Morgan fingerprint density at radius 2 is 1.63 bits per heavy atom. The summed E-state index contributed by atoms with van der Waals surface area (Å²) in [5, 5.41) is 3.29. The summed E-state index contributed by atoms with van der Waals surface area (Å²) in [6.45, 7) is 20.7. The maximum absolute atomic E-state index is 6.12. The van der Waals surface area contributed by atoms with Gasteiger partial charge in [0.15, 0.2) is 0 Å². The molecule has 0 aromatic heterocycles. The molecule has 0 heterocycles. The minimum Gasteiger partial charge on any atom is -0.358 e. The van der Waals surface area contributed by atoms with Crippen molar-refractivity contribution in [2.75, 3.05) is 0 Å². The van der Waals surface area contributed by atoms with Crippen molar-refractivity contribution in [1.29, 1.82) is 0 Å². The van der Waals surface area contributed by atoms with Crippen LogP contribution in [0.1, 0.15) is 77.5 Å². The molecule has 0 amide bonds. The maximum Gasteiger partial charge on any atom is 0.0524 e. The molecule has 0 fully saturated rings. The second-order valence-electron chi connectivity index (χ2n) is 9.32. The molecule has 0 saturated heterocycles. The maximum atomic E-state index is 6.12. The Labute approximate surface area is 215 Å². The normalized spacial score (nSPS) is 14.1. The SMILES string of the molecule is C=C(NC1=CCC=C(C)C=C1)C(C)(N)CC.CC.CCCc1ccc(-c2ccc(C)cc2C)cc1. The van der Waals surface area contributed by atoms with E-state index in [4.69, 9.17) is 5.73 Å². The fourth-order valence-corrected chi connectivity index (χ4v) is 3.63. The van der Waals surface area contributed by atoms with Crippen LogP contribution in [0.3, 0.4) is 0 Å². The van der Waals surface area contributed by atoms with Gasteiger partial charge in [0, 0.05) is 11.4 Å². The molecule has 0 aliphatic heterocycles. The van der Waals surface area contributed by atoms with Gasteiger partial charge >= 0.3 is 0 Å². The molecule has 1 aliphatic rings. The summed E-state index contributed by atoms with van der Waals surface area (Å²) in [6, 6.07) is 15.6. The lowest BCUT2D eigenvalue weighted by atomic mass is 9.96. The van der Waals surface area contributed by atoms with Crippen LogP contribution in [0.4, 0.5) is 0 Å². The molecule has 1 atom stereocenters. The van der Waals surface area contributed by atoms with Crippen LogP contribution < -0.4 is 11.1 Å². The lowest BCUT2D eigenvalue weighted by Gasteiger charge is -2.27. The fraction of sp³-hybridized carbons (Fsp3) is 0.394. The van der Waals surface area contributed by atoms with E-state index in [1.165, 1.54) is 46.2 Å². The number of benzene rings is 2. The van der Waals surface area contributed by atoms with E-state index in [1.54, 1.807) is 0 Å². The van der Waals surface area contributed by atoms with Crippen molar-refractivity contribution in [2.24, 2.45) is 5.73 Å². The number of nitrogens with two attached hydrogens (primary N) is 1. The Morgan fingerprint density at radius 3 is 2.20 bits per heavy atom. The summed E-state index contributed by atoms with van der Waals surface area (Å²) in [4.78, 5) is 0. The highest BCUT2D eigenvalue weighted by molar-refractivity contribution is 5.67. The van der Waals surface area contributed by atoms with Crippen LogP contribution >= 0.6 is 0 Å². The molecule has 1 aliphatic carbocycles. The Kier molecular flexibility index (Phi) is 13.1. The highest BCUT2D eigenvalue weighted by Gasteiger charge is 2.20. The standard InChI is InChI=1S/C17H20.C14H22N2.C2H6/c1-4-5-15-7-9-16(10-8-15)17-11-6-13(2)12-14(17)3;1-5-14(4,15)12(3)16-13-8-6-7-11(2)9-10-13;1-2/h6-12H,4-5H2,1-3H3;7-10,16H,3,5-6,15H2,1-2,4H3;1-2H3. The van der Waals surface area contributed by atoms with Gasteiger partial charge in [-0.15, -0.1) is 0 Å². The summed E-state index contributed by atoms with van der Waals surface area (Å²) in [5.41, 5.74) is 15.8. The topological polar surface area (TPSA) is 38.0 Å². The first kappa shape index (κ1) is 30.2. The summed E-state index contributed by atoms with van der Waals surface area (Å²) < 4.78 is 0. The largest absolute Gasteiger partial charge is 0.358 e. The molecular formula is C33H48N2. The van der Waals surface area contributed by atoms with Crippen LogP contribution in [-0.4, -0.2) is 5.54 Å². The van der Waals surface area contributed by atoms with Gasteiger partial charge in [-0.25, -0.2) is 0 Å². The van der Waals surface area contributed by atoms with Crippen LogP contribution in [-0.2, 0) is 6.42 Å². The van der Waals surface area contributed by atoms with Gasteiger partial charge in [0.25, 0.3) is 0 Å². The smallest absolute Gasteiger partial charge is 0.0524 e. The number of hydrogen-bond acceptors (Lipinski definition) is 2. The predicted molar refractivity (Wildman–Crippen MR) is 157 cm³/mol. The van der Waals surface area contributed by atoms with E-state index in [2.05, 4.69) is 113 Å². The molecule has 3 N–H and O–H groups in total. The van der Waals surface area contributed by atoms with Gasteiger partial charge < -0.3 is 11.1 Å². The average Bonchev–Trinajstić information content (AvgIpc) is 3.05. The Hall–Kier alpha value is -2.84. The van der Waals surface area contributed by atoms with Crippen molar-refractivity contribution >= 4 is 0 Å². The molecule has 190 valence electrons. The van der Waals surface area contributed by atoms with Crippen molar-refractivity contribution in [1.82, 2.24) is 5.32 Å². The highest BCUT2D eigenvalue weighted by Crippen LogP contribution is 2.24. The first-order valence-corrected chi connectivity index (χ1v) is 13.1. The van der Waals surface area contributed by atoms with E-state index < -0.39 is 0 Å². The first-order valence-electron chi connectivity index (χ1n) is 13.1. The van der Waals surface area contributed by atoms with E-state index in [-0.39, 0.29) is 5.54 Å². The molecule has 0 bridgehead atoms. The van der Waals surface area contributed by atoms with Crippen LogP contribution in [0.5, 0.6) is 0 Å². The fourth-order valence-electron chi connectivity index (χ4n) is 3.63. The Bertz CT molecular complexity index is 1020. The number of nitrogens with one attached hydrogen (secondary N) is 1. The molecule has 2 heteroatoms. The van der Waals surface area contributed by atoms with Crippen molar-refractivity contribution in [3.05, 3.63) is 107 Å². The van der Waals surface area contributed by atoms with Gasteiger partial charge in [0.1, 0.15) is 0 Å². The number of rotatable bonds is 7. The predicted octanol–water partition coefficient (Wildman–Crippen LogP) is 8.96. The summed E-state index contributed by atoms with van der Waals surface area (Å²) >= 11 is 0. The van der Waals surface area contributed by atoms with Gasteiger partial charge in [0.2, 0.25) is 0 Å². The van der Waals surface area contributed by atoms with Crippen LogP contribution in [0.25, 0.3) is 11.1 Å². The quantitative estimate of drug-likeness (QED) is 0.422. The van der Waals surface area contributed by atoms with Gasteiger partial charge in [-0.2, -0.15) is 0 Å². The van der Waals surface area contributed by atoms with Crippen molar-refractivity contribution < 1.29 is 0 Å². The summed E-state index contributed by atoms with van der Waals surface area (Å²) in [6.07, 6.45) is 12.7. The third-order valence-corrected chi connectivity index (χ3v) is 6.21. The molecule has 2 aromatic carbocycles. The molecule has 3 rings (SSSR count). The third kappa shape index (κ3) is 10.1. The minimum atomic E-state index is -0.358. The van der Waals surface area contributed by atoms with E-state index in [0.29, 0.717) is 0 Å². The molecule has 2 aromatic rings. The average molecular weight is 473 g/mol. The minimum absolute atomic E-state index is 0.358. The zero-order valence-electron chi connectivity index (χ0n) is 23.5. The molecule has 0 spiro atoms. The zero-order valence-corrected chi connectivity index (χ0v) is 23.5. The first-order chi connectivity index (χ1) is 16.7. The second kappa shape index (κ2) is 15.2. The van der Waals surface area contributed by atoms with E-state index in [1.807, 2.05) is 20.8 Å². The van der Waals surface area contributed by atoms with Gasteiger partial charge in [0.05, 0.1) is 5.54 Å². The van der Waals surface area contributed by atoms with Gasteiger partial charge in [-0.3, -0.25) is 0 Å². The summed E-state index contributed by atoms with van der Waals surface area (Å²) in [5.74, 6) is 0. The second-order valence-corrected chi connectivity index (χ2v) is 9.32. The molecule has 0 radical (unpaired) electrons. The van der Waals surface area contributed by atoms with Crippen molar-refractivity contribution in [3.8, 4) is 11.1 Å². The number of allylic oxidation sites excluding steroid dienone is 5. The van der Waals surface area contributed by atoms with Crippen molar-refractivity contribution in [3.63, 3.8) is 0 Å². The van der Waals surface area contributed by atoms with Gasteiger partial charge in [-0.05, 0) is 75.3 Å². The van der Waals surface area contributed by atoms with E-state index in [0.717, 1.165) is 24.2 Å². The lowest BCUT2D eigenvalue weighted by Crippen LogP contribution is -2.42. The molecule has 2 nitrogen and oxygen atoms in total. The Balaban J connectivity index is 0.000000328. The molecule has 35 heavy (non-hydrogen) atoms. The van der Waals surface area contributed by atoms with Crippen molar-refractivity contribution in [2.45, 2.75) is 86.6 Å². The van der Waals surface area contributed by atoms with E-state index in [9.17, 15) is 0 Å². The van der Waals surface area contributed by atoms with Crippen LogP contribution in [0.2, 0.25) is 0 Å². The summed E-state index contributed by atoms with van der Waals surface area (Å²) in [7, 11) is 0. The lowest BCUT2D eigenvalue weighted by molar-refractivity contribution is 0.506. The van der Waals surface area contributed by atoms with E-state index >= 15 is 0 Å². The number of hydrogen-bond donors (Lipinski definition) is 2. The third-order valence-electron chi connectivity index (χ3n) is 6.21. The van der Waals surface area contributed by atoms with Crippen LogP contribution in [0, 0.1) is 13.8 Å². The molecule has 0 saturated carbocycles. The van der Waals surface area contributed by atoms with Crippen LogP contribution in [0.15, 0.2) is 90.3 Å². The monoisotopic (exact) mass is 472 g/mol. The molecule has 1 unspecified atom stereocenters.